The molecule has 0 aromatic heterocycles. The van der Waals surface area contributed by atoms with E-state index in [-0.39, 0.29) is 12.5 Å². The first kappa shape index (κ1) is 30.3. The van der Waals surface area contributed by atoms with Crippen LogP contribution in [0.25, 0.3) is 11.1 Å². The van der Waals surface area contributed by atoms with Crippen LogP contribution in [0.15, 0.2) is 60.7 Å². The predicted octanol–water partition coefficient (Wildman–Crippen LogP) is 4.10. The van der Waals surface area contributed by atoms with Gasteiger partial charge < -0.3 is 33.7 Å². The van der Waals surface area contributed by atoms with Gasteiger partial charge in [-0.1, -0.05) is 55.1 Å². The summed E-state index contributed by atoms with van der Waals surface area (Å²) in [6.45, 7) is 9.61. The number of fused-ring (bicyclic) bond motifs is 3. The molecule has 1 N–H and O–H groups in total. The molecule has 0 heterocycles. The van der Waals surface area contributed by atoms with Crippen molar-refractivity contribution in [2.24, 2.45) is 0 Å². The SMILES string of the molecule is C=C(C)C(=O)OCCOCCOCCOCCOCCCNC(=O)OCC1c2ccccc2-c2ccccc21. The van der Waals surface area contributed by atoms with Gasteiger partial charge in [0.2, 0.25) is 0 Å². The van der Waals surface area contributed by atoms with Gasteiger partial charge in [0, 0.05) is 24.6 Å². The van der Waals surface area contributed by atoms with Crippen LogP contribution in [-0.4, -0.2) is 84.7 Å². The van der Waals surface area contributed by atoms with E-state index in [2.05, 4.69) is 36.2 Å². The van der Waals surface area contributed by atoms with Crippen LogP contribution in [0, 0.1) is 0 Å². The number of alkyl carbamates (subject to hydrolysis) is 1. The number of benzene rings is 2. The maximum atomic E-state index is 12.2. The van der Waals surface area contributed by atoms with Gasteiger partial charge in [-0.15, -0.1) is 0 Å². The van der Waals surface area contributed by atoms with Crippen LogP contribution in [0.4, 0.5) is 4.79 Å². The van der Waals surface area contributed by atoms with Crippen molar-refractivity contribution in [2.45, 2.75) is 19.3 Å². The van der Waals surface area contributed by atoms with Crippen LogP contribution in [0.1, 0.15) is 30.4 Å². The molecule has 212 valence electrons. The molecule has 9 heteroatoms. The summed E-state index contributed by atoms with van der Waals surface area (Å²) in [7, 11) is 0. The number of rotatable bonds is 19. The number of hydrogen-bond acceptors (Lipinski definition) is 8. The molecule has 0 aliphatic heterocycles. The van der Waals surface area contributed by atoms with E-state index >= 15 is 0 Å². The molecule has 1 aliphatic rings. The summed E-state index contributed by atoms with van der Waals surface area (Å²) in [5, 5.41) is 2.79. The van der Waals surface area contributed by atoms with Crippen LogP contribution in [0.5, 0.6) is 0 Å². The maximum absolute atomic E-state index is 12.2. The zero-order valence-corrected chi connectivity index (χ0v) is 22.7. The van der Waals surface area contributed by atoms with E-state index in [0.717, 1.165) is 0 Å². The number of esters is 1. The van der Waals surface area contributed by atoms with Gasteiger partial charge in [0.1, 0.15) is 13.2 Å². The highest BCUT2D eigenvalue weighted by molar-refractivity contribution is 5.86. The van der Waals surface area contributed by atoms with Crippen LogP contribution in [0.3, 0.4) is 0 Å². The van der Waals surface area contributed by atoms with Crippen molar-refractivity contribution in [1.29, 1.82) is 0 Å². The number of nitrogens with one attached hydrogen (secondary N) is 1. The molecule has 0 spiro atoms. The first-order valence-electron chi connectivity index (χ1n) is 13.3. The predicted molar refractivity (Wildman–Crippen MR) is 147 cm³/mol. The Bertz CT molecular complexity index is 1010. The van der Waals surface area contributed by atoms with Crippen molar-refractivity contribution in [1.82, 2.24) is 5.32 Å². The molecule has 39 heavy (non-hydrogen) atoms. The molecule has 0 atom stereocenters. The lowest BCUT2D eigenvalue weighted by Crippen LogP contribution is -2.27. The summed E-state index contributed by atoms with van der Waals surface area (Å²) in [4.78, 5) is 23.4. The summed E-state index contributed by atoms with van der Waals surface area (Å²) < 4.78 is 32.1. The molecule has 0 bridgehead atoms. The summed E-state index contributed by atoms with van der Waals surface area (Å²) >= 11 is 0. The first-order chi connectivity index (χ1) is 19.1. The van der Waals surface area contributed by atoms with Crippen LogP contribution < -0.4 is 5.32 Å². The van der Waals surface area contributed by atoms with Gasteiger partial charge >= 0.3 is 12.1 Å². The second-order valence-electron chi connectivity index (χ2n) is 8.97. The molecule has 0 saturated heterocycles. The summed E-state index contributed by atoms with van der Waals surface area (Å²) in [5.74, 6) is -0.364. The number of hydrogen-bond donors (Lipinski definition) is 1. The highest BCUT2D eigenvalue weighted by Crippen LogP contribution is 2.44. The van der Waals surface area contributed by atoms with Gasteiger partial charge in [-0.2, -0.15) is 0 Å². The maximum Gasteiger partial charge on any atom is 0.407 e. The van der Waals surface area contributed by atoms with E-state index < -0.39 is 12.1 Å². The molecule has 0 saturated carbocycles. The molecular formula is C30H39NO8. The zero-order chi connectivity index (χ0) is 27.7. The van der Waals surface area contributed by atoms with Gasteiger partial charge in [-0.3, -0.25) is 0 Å². The van der Waals surface area contributed by atoms with E-state index in [9.17, 15) is 9.59 Å². The second kappa shape index (κ2) is 17.4. The minimum atomic E-state index is -0.420. The van der Waals surface area contributed by atoms with Crippen molar-refractivity contribution < 1.29 is 38.0 Å². The van der Waals surface area contributed by atoms with Crippen molar-refractivity contribution in [3.63, 3.8) is 0 Å². The Kier molecular flexibility index (Phi) is 13.5. The van der Waals surface area contributed by atoms with E-state index in [1.165, 1.54) is 22.3 Å². The zero-order valence-electron chi connectivity index (χ0n) is 22.7. The second-order valence-corrected chi connectivity index (χ2v) is 8.97. The number of ether oxygens (including phenoxy) is 6. The highest BCUT2D eigenvalue weighted by atomic mass is 16.6. The van der Waals surface area contributed by atoms with E-state index in [1.807, 2.05) is 24.3 Å². The Morgan fingerprint density at radius 1 is 0.718 bits per heavy atom. The lowest BCUT2D eigenvalue weighted by molar-refractivity contribution is -0.140. The van der Waals surface area contributed by atoms with Gasteiger partial charge in [0.05, 0.1) is 46.2 Å². The van der Waals surface area contributed by atoms with E-state index in [1.54, 1.807) is 6.92 Å². The van der Waals surface area contributed by atoms with Gasteiger partial charge in [-0.05, 0) is 35.6 Å². The smallest absolute Gasteiger partial charge is 0.407 e. The standard InChI is InChI=1S/C30H39NO8/c1-23(2)29(32)38-21-20-37-19-18-36-17-16-35-15-14-34-13-7-12-31-30(33)39-22-28-26-10-5-3-8-24(26)25-9-4-6-11-27(25)28/h3-6,8-11,28H,1,7,12-22H2,2H3,(H,31,33). The minimum absolute atomic E-state index is 0.0511. The Morgan fingerprint density at radius 2 is 1.21 bits per heavy atom. The lowest BCUT2D eigenvalue weighted by Gasteiger charge is -2.14. The molecule has 2 aromatic carbocycles. The summed E-state index contributed by atoms with van der Waals surface area (Å²) in [6.07, 6.45) is 0.261. The van der Waals surface area contributed by atoms with Crippen LogP contribution in [-0.2, 0) is 33.2 Å². The number of carbonyl (C=O) groups excluding carboxylic acids is 2. The Labute approximate surface area is 230 Å². The molecule has 2 aromatic rings. The molecule has 1 amide bonds. The normalized spacial score (nSPS) is 12.0. The lowest BCUT2D eigenvalue weighted by atomic mass is 9.98. The topological polar surface area (TPSA) is 102 Å². The molecule has 0 fully saturated rings. The van der Waals surface area contributed by atoms with Gasteiger partial charge in [0.25, 0.3) is 0 Å². The van der Waals surface area contributed by atoms with E-state index in [0.29, 0.717) is 78.0 Å². The Hall–Kier alpha value is -3.24. The summed E-state index contributed by atoms with van der Waals surface area (Å²) in [5.41, 5.74) is 5.17. The van der Waals surface area contributed by atoms with Gasteiger partial charge in [-0.25, -0.2) is 9.59 Å². The fraction of sp³-hybridized carbons (Fsp3) is 0.467. The van der Waals surface area contributed by atoms with E-state index in [4.69, 9.17) is 28.4 Å². The third-order valence-electron chi connectivity index (χ3n) is 6.00. The molecule has 1 aliphatic carbocycles. The van der Waals surface area contributed by atoms with Crippen molar-refractivity contribution in [2.75, 3.05) is 72.6 Å². The third kappa shape index (κ3) is 10.4. The largest absolute Gasteiger partial charge is 0.460 e. The average Bonchev–Trinajstić information content (AvgIpc) is 3.27. The first-order valence-corrected chi connectivity index (χ1v) is 13.3. The monoisotopic (exact) mass is 541 g/mol. The minimum Gasteiger partial charge on any atom is -0.460 e. The molecule has 3 rings (SSSR count). The number of amides is 1. The fourth-order valence-electron chi connectivity index (χ4n) is 4.09. The van der Waals surface area contributed by atoms with Gasteiger partial charge in [0.15, 0.2) is 0 Å². The summed E-state index contributed by atoms with van der Waals surface area (Å²) in [6, 6.07) is 16.5. The Morgan fingerprint density at radius 3 is 1.74 bits per heavy atom. The average molecular weight is 542 g/mol. The molecule has 9 nitrogen and oxygen atoms in total. The quantitative estimate of drug-likeness (QED) is 0.161. The highest BCUT2D eigenvalue weighted by Gasteiger charge is 2.28. The molecule has 0 unspecified atom stereocenters. The van der Waals surface area contributed by atoms with Crippen molar-refractivity contribution >= 4 is 12.1 Å². The third-order valence-corrected chi connectivity index (χ3v) is 6.00. The fourth-order valence-corrected chi connectivity index (χ4v) is 4.09. The van der Waals surface area contributed by atoms with Crippen LogP contribution in [0.2, 0.25) is 0 Å². The van der Waals surface area contributed by atoms with Crippen LogP contribution >= 0.6 is 0 Å². The van der Waals surface area contributed by atoms with Crippen molar-refractivity contribution in [3.8, 4) is 11.1 Å². The van der Waals surface area contributed by atoms with Crippen molar-refractivity contribution in [3.05, 3.63) is 71.8 Å². The number of carbonyl (C=O) groups is 2. The molecular weight excluding hydrogens is 502 g/mol. The Balaban J connectivity index is 1.10. The molecule has 0 radical (unpaired) electrons.